The summed E-state index contributed by atoms with van der Waals surface area (Å²) in [4.78, 5) is 23.4. The topological polar surface area (TPSA) is 71.0 Å². The molecule has 3 rings (SSSR count). The first-order valence-corrected chi connectivity index (χ1v) is 9.60. The van der Waals surface area contributed by atoms with E-state index in [1.54, 1.807) is 30.3 Å². The first-order chi connectivity index (χ1) is 13.4. The fourth-order valence-corrected chi connectivity index (χ4v) is 3.99. The summed E-state index contributed by atoms with van der Waals surface area (Å²) in [5, 5.41) is 8.10. The highest BCUT2D eigenvalue weighted by Gasteiger charge is 2.34. The summed E-state index contributed by atoms with van der Waals surface area (Å²) in [6, 6.07) is 11.5. The molecule has 2 amide bonds. The van der Waals surface area contributed by atoms with Gasteiger partial charge in [0.1, 0.15) is 23.5 Å². The Bertz CT molecular complexity index is 934. The van der Waals surface area contributed by atoms with E-state index in [2.05, 4.69) is 10.4 Å². The molecule has 6 nitrogen and oxygen atoms in total. The van der Waals surface area contributed by atoms with Crippen LogP contribution < -0.4 is 10.1 Å². The number of carbonyl (C=O) groups is 2. The van der Waals surface area contributed by atoms with Gasteiger partial charge in [-0.05, 0) is 18.2 Å². The summed E-state index contributed by atoms with van der Waals surface area (Å²) >= 11 is 7.27. The third-order valence-electron chi connectivity index (χ3n) is 3.87. The van der Waals surface area contributed by atoms with Gasteiger partial charge in [0.15, 0.2) is 5.17 Å². The van der Waals surface area contributed by atoms with Crippen molar-refractivity contribution in [2.75, 3.05) is 0 Å². The molecule has 0 saturated heterocycles. The standard InChI is InChI=1S/C19H17ClFN3O3S/c1-11(25)22-19-23-24(12(2)26)18(28-19)13-6-3-4-9-17(13)27-10-14-15(20)7-5-8-16(14)21/h3-9,18H,10H2,1-2H3,(H,22,23,25)/t18-/m1/s1. The van der Waals surface area contributed by atoms with Gasteiger partial charge in [0, 0.05) is 25.0 Å². The highest BCUT2D eigenvalue weighted by molar-refractivity contribution is 8.14. The van der Waals surface area contributed by atoms with Gasteiger partial charge in [0.05, 0.1) is 5.02 Å². The maximum atomic E-state index is 14.0. The molecule has 0 bridgehead atoms. The molecule has 0 spiro atoms. The number of hydrogen-bond acceptors (Lipinski definition) is 5. The minimum Gasteiger partial charge on any atom is -0.488 e. The van der Waals surface area contributed by atoms with Crippen LogP contribution in [0.1, 0.15) is 30.3 Å². The number of ether oxygens (including phenoxy) is 1. The van der Waals surface area contributed by atoms with Gasteiger partial charge in [-0.3, -0.25) is 9.59 Å². The Morgan fingerprint density at radius 3 is 2.68 bits per heavy atom. The minimum absolute atomic E-state index is 0.0701. The Balaban J connectivity index is 1.85. The van der Waals surface area contributed by atoms with Crippen molar-refractivity contribution in [3.63, 3.8) is 0 Å². The summed E-state index contributed by atoms with van der Waals surface area (Å²) in [6.45, 7) is 2.68. The number of nitrogens with one attached hydrogen (secondary N) is 1. The Morgan fingerprint density at radius 1 is 1.25 bits per heavy atom. The van der Waals surface area contributed by atoms with Crippen molar-refractivity contribution in [1.29, 1.82) is 0 Å². The maximum Gasteiger partial charge on any atom is 0.241 e. The predicted octanol–water partition coefficient (Wildman–Crippen LogP) is 4.06. The molecular formula is C19H17ClFN3O3S. The number of benzene rings is 2. The van der Waals surface area contributed by atoms with Crippen molar-refractivity contribution in [3.05, 3.63) is 64.4 Å². The fraction of sp³-hybridized carbons (Fsp3) is 0.211. The van der Waals surface area contributed by atoms with Gasteiger partial charge in [-0.1, -0.05) is 47.6 Å². The van der Waals surface area contributed by atoms with E-state index < -0.39 is 11.2 Å². The number of para-hydroxylation sites is 1. The zero-order valence-electron chi connectivity index (χ0n) is 15.1. The van der Waals surface area contributed by atoms with Crippen molar-refractivity contribution in [2.45, 2.75) is 25.8 Å². The molecular weight excluding hydrogens is 405 g/mol. The number of thioether (sulfide) groups is 1. The summed E-state index contributed by atoms with van der Waals surface area (Å²) in [6.07, 6.45) is 0. The van der Waals surface area contributed by atoms with Crippen molar-refractivity contribution in [1.82, 2.24) is 10.3 Å². The number of hydrogen-bond donors (Lipinski definition) is 1. The van der Waals surface area contributed by atoms with Gasteiger partial charge in [0.25, 0.3) is 0 Å². The van der Waals surface area contributed by atoms with E-state index in [1.165, 1.54) is 42.8 Å². The number of amidine groups is 1. The predicted molar refractivity (Wildman–Crippen MR) is 106 cm³/mol. The molecule has 2 aromatic rings. The van der Waals surface area contributed by atoms with Gasteiger partial charge in [-0.2, -0.15) is 0 Å². The molecule has 146 valence electrons. The first-order valence-electron chi connectivity index (χ1n) is 8.34. The number of amides is 2. The second-order valence-corrected chi connectivity index (χ2v) is 7.42. The van der Waals surface area contributed by atoms with Gasteiger partial charge >= 0.3 is 0 Å². The van der Waals surface area contributed by atoms with Crippen LogP contribution in [0.3, 0.4) is 0 Å². The highest BCUT2D eigenvalue weighted by Crippen LogP contribution is 2.42. The molecule has 1 atom stereocenters. The Morgan fingerprint density at radius 2 is 2.00 bits per heavy atom. The SMILES string of the molecule is CC(=O)NC1=NN(C(C)=O)[C@@H](c2ccccc2OCc2c(F)cccc2Cl)S1. The van der Waals surface area contributed by atoms with Crippen molar-refractivity contribution in [2.24, 2.45) is 5.10 Å². The second-order valence-electron chi connectivity index (χ2n) is 5.95. The lowest BCUT2D eigenvalue weighted by Crippen LogP contribution is -2.25. The van der Waals surface area contributed by atoms with Gasteiger partial charge in [-0.25, -0.2) is 9.40 Å². The number of halogens is 2. The van der Waals surface area contributed by atoms with Crippen LogP contribution in [0.5, 0.6) is 5.75 Å². The molecule has 2 aromatic carbocycles. The smallest absolute Gasteiger partial charge is 0.241 e. The van der Waals surface area contributed by atoms with Crippen LogP contribution in [0, 0.1) is 5.82 Å². The molecule has 28 heavy (non-hydrogen) atoms. The summed E-state index contributed by atoms with van der Waals surface area (Å²) in [5.74, 6) is -0.564. The molecule has 1 N–H and O–H groups in total. The number of hydrazone groups is 1. The van der Waals surface area contributed by atoms with Gasteiger partial charge in [0.2, 0.25) is 11.8 Å². The molecule has 1 aliphatic rings. The van der Waals surface area contributed by atoms with E-state index in [0.29, 0.717) is 16.5 Å². The van der Waals surface area contributed by atoms with E-state index in [9.17, 15) is 14.0 Å². The summed E-state index contributed by atoms with van der Waals surface area (Å²) < 4.78 is 19.8. The zero-order valence-corrected chi connectivity index (χ0v) is 16.7. The average Bonchev–Trinajstić information content (AvgIpc) is 3.05. The lowest BCUT2D eigenvalue weighted by Gasteiger charge is -2.22. The Hall–Kier alpha value is -2.58. The number of nitrogens with zero attached hydrogens (tertiary/aromatic N) is 2. The van der Waals surface area contributed by atoms with E-state index in [1.807, 2.05) is 0 Å². The fourth-order valence-electron chi connectivity index (χ4n) is 2.60. The van der Waals surface area contributed by atoms with Crippen molar-refractivity contribution >= 4 is 40.3 Å². The Labute approximate surface area is 170 Å². The minimum atomic E-state index is -0.522. The van der Waals surface area contributed by atoms with Crippen LogP contribution >= 0.6 is 23.4 Å². The zero-order chi connectivity index (χ0) is 20.3. The van der Waals surface area contributed by atoms with Crippen LogP contribution in [0.15, 0.2) is 47.6 Å². The first kappa shape index (κ1) is 20.2. The third-order valence-corrected chi connectivity index (χ3v) is 5.31. The summed E-state index contributed by atoms with van der Waals surface area (Å²) in [7, 11) is 0. The molecule has 0 radical (unpaired) electrons. The molecule has 0 saturated carbocycles. The van der Waals surface area contributed by atoms with Gasteiger partial charge < -0.3 is 10.1 Å². The van der Waals surface area contributed by atoms with E-state index >= 15 is 0 Å². The van der Waals surface area contributed by atoms with Crippen LogP contribution in [0.2, 0.25) is 5.02 Å². The van der Waals surface area contributed by atoms with Crippen molar-refractivity contribution in [3.8, 4) is 5.75 Å². The summed E-state index contributed by atoms with van der Waals surface area (Å²) in [5.41, 5.74) is 0.913. The van der Waals surface area contributed by atoms with E-state index in [0.717, 1.165) is 0 Å². The average molecular weight is 422 g/mol. The van der Waals surface area contributed by atoms with Crippen LogP contribution in [0.4, 0.5) is 4.39 Å². The third kappa shape index (κ3) is 4.45. The molecule has 0 aliphatic carbocycles. The molecule has 1 heterocycles. The van der Waals surface area contributed by atoms with Crippen LogP contribution in [-0.4, -0.2) is 22.0 Å². The quantitative estimate of drug-likeness (QED) is 0.808. The van der Waals surface area contributed by atoms with Crippen molar-refractivity contribution < 1.29 is 18.7 Å². The Kier molecular flexibility index (Phi) is 6.21. The lowest BCUT2D eigenvalue weighted by atomic mass is 10.2. The van der Waals surface area contributed by atoms with Gasteiger partial charge in [-0.15, -0.1) is 5.10 Å². The molecule has 1 aliphatic heterocycles. The monoisotopic (exact) mass is 421 g/mol. The van der Waals surface area contributed by atoms with Crippen LogP contribution in [0.25, 0.3) is 0 Å². The molecule has 0 unspecified atom stereocenters. The number of rotatable bonds is 4. The van der Waals surface area contributed by atoms with E-state index in [4.69, 9.17) is 16.3 Å². The van der Waals surface area contributed by atoms with E-state index in [-0.39, 0.29) is 29.0 Å². The normalized spacial score (nSPS) is 15.9. The highest BCUT2D eigenvalue weighted by atomic mass is 35.5. The molecule has 9 heteroatoms. The maximum absolute atomic E-state index is 14.0. The second kappa shape index (κ2) is 8.62. The van der Waals surface area contributed by atoms with Crippen LogP contribution in [-0.2, 0) is 16.2 Å². The molecule has 0 aromatic heterocycles. The lowest BCUT2D eigenvalue weighted by molar-refractivity contribution is -0.129. The number of carbonyl (C=O) groups excluding carboxylic acids is 2. The largest absolute Gasteiger partial charge is 0.488 e. The molecule has 0 fully saturated rings.